The van der Waals surface area contributed by atoms with E-state index in [0.29, 0.717) is 0 Å². The Balaban J connectivity index is 2.26. The molecular weight excluding hydrogens is 241 g/mol. The molecule has 19 heavy (non-hydrogen) atoms. The predicted octanol–water partition coefficient (Wildman–Crippen LogP) is 4.12. The van der Waals surface area contributed by atoms with E-state index in [9.17, 15) is 9.50 Å². The summed E-state index contributed by atoms with van der Waals surface area (Å²) in [6.45, 7) is 2.11. The molecule has 0 bridgehead atoms. The number of anilines is 1. The molecule has 1 unspecified atom stereocenters. The minimum absolute atomic E-state index is 0.200. The summed E-state index contributed by atoms with van der Waals surface area (Å²) in [5, 5.41) is 9.34. The molecule has 0 aromatic heterocycles. The summed E-state index contributed by atoms with van der Waals surface area (Å²) in [5.74, 6) is 0.0397. The van der Waals surface area contributed by atoms with Crippen LogP contribution in [0.25, 0.3) is 0 Å². The molecule has 0 saturated heterocycles. The molecule has 2 aromatic carbocycles. The molecule has 0 heterocycles. The summed E-state index contributed by atoms with van der Waals surface area (Å²) in [4.78, 5) is 2.12. The standard InChI is InChI=1S/C16H18FNO/c1-3-16(12-4-10-15(19)11-5-12)18(2)14-8-6-13(17)7-9-14/h4-11,16,19H,3H2,1-2H3. The van der Waals surface area contributed by atoms with Crippen molar-refractivity contribution in [3.63, 3.8) is 0 Å². The van der Waals surface area contributed by atoms with Gasteiger partial charge in [0.2, 0.25) is 0 Å². The number of hydrogen-bond acceptors (Lipinski definition) is 2. The Kier molecular flexibility index (Phi) is 4.05. The molecular formula is C16H18FNO. The molecule has 0 aliphatic heterocycles. The van der Waals surface area contributed by atoms with Crippen molar-refractivity contribution in [3.05, 3.63) is 59.9 Å². The van der Waals surface area contributed by atoms with Crippen LogP contribution in [-0.2, 0) is 0 Å². The zero-order valence-electron chi connectivity index (χ0n) is 11.2. The Bertz CT molecular complexity index is 521. The summed E-state index contributed by atoms with van der Waals surface area (Å²) in [6, 6.07) is 13.9. The van der Waals surface area contributed by atoms with E-state index >= 15 is 0 Å². The van der Waals surface area contributed by atoms with Crippen LogP contribution < -0.4 is 4.90 Å². The fourth-order valence-electron chi connectivity index (χ4n) is 2.29. The molecule has 0 saturated carbocycles. The van der Waals surface area contributed by atoms with Crippen LogP contribution in [0.15, 0.2) is 48.5 Å². The van der Waals surface area contributed by atoms with Gasteiger partial charge in [-0.1, -0.05) is 19.1 Å². The van der Waals surface area contributed by atoms with Gasteiger partial charge in [-0.3, -0.25) is 0 Å². The van der Waals surface area contributed by atoms with Crippen LogP contribution in [0.2, 0.25) is 0 Å². The molecule has 2 nitrogen and oxygen atoms in total. The molecule has 1 N–H and O–H groups in total. The maximum Gasteiger partial charge on any atom is 0.123 e. The number of phenols is 1. The second kappa shape index (κ2) is 5.74. The van der Waals surface area contributed by atoms with Crippen LogP contribution in [0.3, 0.4) is 0 Å². The smallest absolute Gasteiger partial charge is 0.123 e. The van der Waals surface area contributed by atoms with Gasteiger partial charge in [-0.25, -0.2) is 4.39 Å². The number of nitrogens with zero attached hydrogens (tertiary/aromatic N) is 1. The Hall–Kier alpha value is -2.03. The van der Waals surface area contributed by atoms with Gasteiger partial charge in [0.05, 0.1) is 6.04 Å². The number of aromatic hydroxyl groups is 1. The van der Waals surface area contributed by atoms with Crippen LogP contribution in [0.1, 0.15) is 24.9 Å². The van der Waals surface area contributed by atoms with E-state index in [1.54, 1.807) is 24.3 Å². The summed E-state index contributed by atoms with van der Waals surface area (Å²) >= 11 is 0. The second-order valence-electron chi connectivity index (χ2n) is 4.60. The third-order valence-electron chi connectivity index (χ3n) is 3.37. The maximum absolute atomic E-state index is 13.0. The quantitative estimate of drug-likeness (QED) is 0.892. The van der Waals surface area contributed by atoms with Crippen molar-refractivity contribution in [2.24, 2.45) is 0 Å². The first-order valence-electron chi connectivity index (χ1n) is 6.39. The van der Waals surface area contributed by atoms with E-state index in [0.717, 1.165) is 17.7 Å². The van der Waals surface area contributed by atoms with Gasteiger partial charge in [-0.15, -0.1) is 0 Å². The van der Waals surface area contributed by atoms with Crippen LogP contribution in [0.4, 0.5) is 10.1 Å². The number of phenolic OH excluding ortho intramolecular Hbond substituents is 1. The maximum atomic E-state index is 13.0. The molecule has 2 aromatic rings. The average molecular weight is 259 g/mol. The van der Waals surface area contributed by atoms with E-state index in [-0.39, 0.29) is 17.6 Å². The highest BCUT2D eigenvalue weighted by molar-refractivity contribution is 5.48. The number of hydrogen-bond donors (Lipinski definition) is 1. The van der Waals surface area contributed by atoms with Gasteiger partial charge in [0.25, 0.3) is 0 Å². The van der Waals surface area contributed by atoms with Gasteiger partial charge in [0.15, 0.2) is 0 Å². The summed E-state index contributed by atoms with van der Waals surface area (Å²) < 4.78 is 13.0. The molecule has 0 aliphatic carbocycles. The third-order valence-corrected chi connectivity index (χ3v) is 3.37. The minimum Gasteiger partial charge on any atom is -0.508 e. The van der Waals surface area contributed by atoms with Gasteiger partial charge in [-0.2, -0.15) is 0 Å². The predicted molar refractivity (Wildman–Crippen MR) is 75.9 cm³/mol. The van der Waals surface area contributed by atoms with Gasteiger partial charge < -0.3 is 10.0 Å². The molecule has 0 fully saturated rings. The molecule has 2 rings (SSSR count). The van der Waals surface area contributed by atoms with E-state index in [1.807, 2.05) is 19.2 Å². The molecule has 0 amide bonds. The second-order valence-corrected chi connectivity index (χ2v) is 4.60. The summed E-state index contributed by atoms with van der Waals surface area (Å²) in [7, 11) is 1.99. The largest absolute Gasteiger partial charge is 0.508 e. The van der Waals surface area contributed by atoms with E-state index < -0.39 is 0 Å². The van der Waals surface area contributed by atoms with E-state index in [4.69, 9.17) is 0 Å². The zero-order chi connectivity index (χ0) is 13.8. The number of benzene rings is 2. The Morgan fingerprint density at radius 1 is 1.05 bits per heavy atom. The molecule has 1 atom stereocenters. The topological polar surface area (TPSA) is 23.5 Å². The lowest BCUT2D eigenvalue weighted by atomic mass is 10.0. The van der Waals surface area contributed by atoms with Crippen molar-refractivity contribution >= 4 is 5.69 Å². The average Bonchev–Trinajstić information content (AvgIpc) is 2.42. The molecule has 100 valence electrons. The molecule has 3 heteroatoms. The van der Waals surface area contributed by atoms with Crippen molar-refractivity contribution < 1.29 is 9.50 Å². The Labute approximate surface area is 113 Å². The Morgan fingerprint density at radius 2 is 1.63 bits per heavy atom. The highest BCUT2D eigenvalue weighted by Gasteiger charge is 2.15. The van der Waals surface area contributed by atoms with Crippen molar-refractivity contribution in [2.75, 3.05) is 11.9 Å². The van der Waals surface area contributed by atoms with Crippen molar-refractivity contribution in [1.29, 1.82) is 0 Å². The van der Waals surface area contributed by atoms with E-state index in [2.05, 4.69) is 11.8 Å². The van der Waals surface area contributed by atoms with Crippen LogP contribution in [0.5, 0.6) is 5.75 Å². The molecule has 0 aliphatic rings. The van der Waals surface area contributed by atoms with Crippen LogP contribution >= 0.6 is 0 Å². The summed E-state index contributed by atoms with van der Waals surface area (Å²) in [5.41, 5.74) is 2.11. The highest BCUT2D eigenvalue weighted by atomic mass is 19.1. The Morgan fingerprint density at radius 3 is 2.16 bits per heavy atom. The monoisotopic (exact) mass is 259 g/mol. The van der Waals surface area contributed by atoms with Gasteiger partial charge in [-0.05, 0) is 48.4 Å². The lowest BCUT2D eigenvalue weighted by Crippen LogP contribution is -2.23. The first-order chi connectivity index (χ1) is 9.11. The van der Waals surface area contributed by atoms with Crippen molar-refractivity contribution in [1.82, 2.24) is 0 Å². The summed E-state index contributed by atoms with van der Waals surface area (Å²) in [6.07, 6.45) is 0.929. The molecule has 0 spiro atoms. The SMILES string of the molecule is CCC(c1ccc(O)cc1)N(C)c1ccc(F)cc1. The zero-order valence-corrected chi connectivity index (χ0v) is 11.2. The highest BCUT2D eigenvalue weighted by Crippen LogP contribution is 2.29. The van der Waals surface area contributed by atoms with Gasteiger partial charge >= 0.3 is 0 Å². The van der Waals surface area contributed by atoms with E-state index in [1.165, 1.54) is 12.1 Å². The van der Waals surface area contributed by atoms with Crippen molar-refractivity contribution in [3.8, 4) is 5.75 Å². The molecule has 0 radical (unpaired) electrons. The van der Waals surface area contributed by atoms with Crippen molar-refractivity contribution in [2.45, 2.75) is 19.4 Å². The minimum atomic E-state index is -0.227. The third kappa shape index (κ3) is 3.05. The fraction of sp³-hybridized carbons (Fsp3) is 0.250. The lowest BCUT2D eigenvalue weighted by Gasteiger charge is -2.29. The first-order valence-corrected chi connectivity index (χ1v) is 6.39. The lowest BCUT2D eigenvalue weighted by molar-refractivity contribution is 0.474. The van der Waals surface area contributed by atoms with Gasteiger partial charge in [0.1, 0.15) is 11.6 Å². The first kappa shape index (κ1) is 13.4. The normalized spacial score (nSPS) is 12.2. The number of rotatable bonds is 4. The van der Waals surface area contributed by atoms with Crippen LogP contribution in [-0.4, -0.2) is 12.2 Å². The van der Waals surface area contributed by atoms with Crippen LogP contribution in [0, 0.1) is 5.82 Å². The fourth-order valence-corrected chi connectivity index (χ4v) is 2.29. The van der Waals surface area contributed by atoms with Gasteiger partial charge in [0, 0.05) is 12.7 Å². The number of halogens is 1.